The lowest BCUT2D eigenvalue weighted by Crippen LogP contribution is -2.50. The first-order valence-electron chi connectivity index (χ1n) is 9.42. The number of anilines is 1. The fourth-order valence-electron chi connectivity index (χ4n) is 3.42. The zero-order valence-corrected chi connectivity index (χ0v) is 18.7. The first-order chi connectivity index (χ1) is 14.1. The van der Waals surface area contributed by atoms with Crippen LogP contribution < -0.4 is 5.32 Å². The lowest BCUT2D eigenvalue weighted by Gasteiger charge is -2.33. The molecule has 3 rings (SSSR count). The highest BCUT2D eigenvalue weighted by Crippen LogP contribution is 2.28. The van der Waals surface area contributed by atoms with Crippen LogP contribution in [0.15, 0.2) is 29.2 Å². The minimum Gasteiger partial charge on any atom is -0.325 e. The quantitative estimate of drug-likeness (QED) is 0.532. The van der Waals surface area contributed by atoms with Gasteiger partial charge in [-0.1, -0.05) is 6.07 Å². The summed E-state index contributed by atoms with van der Waals surface area (Å²) in [6, 6.07) is 6.25. The standard InChI is InChI=1S/C19H24N4O5S2/c1-13-4-5-16(11-17(13)23(25)26)20-19(24)12-21-6-8-22(9-7-21)30(27,28)18-10-14(2)29-15(18)3/h4-5,10-11H,6-9,12H2,1-3H3,(H,20,24). The first kappa shape index (κ1) is 22.3. The van der Waals surface area contributed by atoms with Crippen LogP contribution in [-0.2, 0) is 14.8 Å². The molecule has 162 valence electrons. The van der Waals surface area contributed by atoms with Crippen molar-refractivity contribution in [2.24, 2.45) is 0 Å². The molecule has 0 radical (unpaired) electrons. The summed E-state index contributed by atoms with van der Waals surface area (Å²) in [6.45, 7) is 6.89. The van der Waals surface area contributed by atoms with Crippen molar-refractivity contribution in [2.45, 2.75) is 25.7 Å². The highest BCUT2D eigenvalue weighted by Gasteiger charge is 2.31. The van der Waals surface area contributed by atoms with Crippen LogP contribution in [-0.4, -0.2) is 61.2 Å². The molecule has 0 aliphatic carbocycles. The Bertz CT molecular complexity index is 1070. The van der Waals surface area contributed by atoms with Crippen molar-refractivity contribution in [2.75, 3.05) is 38.0 Å². The van der Waals surface area contributed by atoms with Crippen molar-refractivity contribution in [3.63, 3.8) is 0 Å². The highest BCUT2D eigenvalue weighted by molar-refractivity contribution is 7.89. The van der Waals surface area contributed by atoms with Crippen molar-refractivity contribution in [3.05, 3.63) is 49.7 Å². The van der Waals surface area contributed by atoms with Gasteiger partial charge >= 0.3 is 0 Å². The number of aryl methyl sites for hydroxylation is 3. The molecule has 0 spiro atoms. The number of carbonyl (C=O) groups is 1. The SMILES string of the molecule is Cc1cc(S(=O)(=O)N2CCN(CC(=O)Nc3ccc(C)c([N+](=O)[O-])c3)CC2)c(C)s1. The number of nitrogens with one attached hydrogen (secondary N) is 1. The fourth-order valence-corrected chi connectivity index (χ4v) is 6.36. The smallest absolute Gasteiger partial charge is 0.274 e. The van der Waals surface area contributed by atoms with E-state index in [2.05, 4.69) is 5.32 Å². The number of nitro benzene ring substituents is 1. The van der Waals surface area contributed by atoms with Gasteiger partial charge in [0, 0.05) is 53.3 Å². The summed E-state index contributed by atoms with van der Waals surface area (Å²) in [5.74, 6) is -0.297. The summed E-state index contributed by atoms with van der Waals surface area (Å²) in [5.41, 5.74) is 0.832. The Balaban J connectivity index is 1.57. The van der Waals surface area contributed by atoms with E-state index in [9.17, 15) is 23.3 Å². The average molecular weight is 453 g/mol. The normalized spacial score (nSPS) is 15.8. The molecule has 1 aliphatic heterocycles. The molecule has 1 aliphatic rings. The maximum Gasteiger partial charge on any atom is 0.274 e. The van der Waals surface area contributed by atoms with Gasteiger partial charge in [-0.05, 0) is 32.9 Å². The van der Waals surface area contributed by atoms with Crippen molar-refractivity contribution in [3.8, 4) is 0 Å². The summed E-state index contributed by atoms with van der Waals surface area (Å²) >= 11 is 1.46. The van der Waals surface area contributed by atoms with E-state index in [0.29, 0.717) is 42.3 Å². The number of rotatable bonds is 6. The van der Waals surface area contributed by atoms with Gasteiger partial charge in [0.1, 0.15) is 0 Å². The number of nitrogens with zero attached hydrogens (tertiary/aromatic N) is 3. The summed E-state index contributed by atoms with van der Waals surface area (Å²) in [4.78, 5) is 26.9. The minimum absolute atomic E-state index is 0.0504. The monoisotopic (exact) mass is 452 g/mol. The van der Waals surface area contributed by atoms with Gasteiger partial charge < -0.3 is 5.32 Å². The zero-order chi connectivity index (χ0) is 22.1. The predicted octanol–water partition coefficient (Wildman–Crippen LogP) is 2.53. The van der Waals surface area contributed by atoms with E-state index in [0.717, 1.165) is 9.75 Å². The average Bonchev–Trinajstić information content (AvgIpc) is 3.02. The van der Waals surface area contributed by atoms with E-state index in [-0.39, 0.29) is 18.1 Å². The molecule has 2 heterocycles. The molecular formula is C19H24N4O5S2. The third-order valence-electron chi connectivity index (χ3n) is 5.00. The molecule has 30 heavy (non-hydrogen) atoms. The molecule has 0 saturated carbocycles. The minimum atomic E-state index is -3.54. The number of nitro groups is 1. The molecule has 0 bridgehead atoms. The van der Waals surface area contributed by atoms with Crippen molar-refractivity contribution < 1.29 is 18.1 Å². The molecule has 1 fully saturated rings. The number of amides is 1. The molecule has 9 nitrogen and oxygen atoms in total. The van der Waals surface area contributed by atoms with Crippen LogP contribution in [0.25, 0.3) is 0 Å². The van der Waals surface area contributed by atoms with Crippen LogP contribution in [0.2, 0.25) is 0 Å². The largest absolute Gasteiger partial charge is 0.325 e. The molecule has 1 aromatic heterocycles. The van der Waals surface area contributed by atoms with E-state index in [1.54, 1.807) is 32.0 Å². The van der Waals surface area contributed by atoms with E-state index in [1.165, 1.54) is 21.7 Å². The van der Waals surface area contributed by atoms with Gasteiger partial charge in [-0.15, -0.1) is 11.3 Å². The van der Waals surface area contributed by atoms with Gasteiger partial charge in [0.15, 0.2) is 0 Å². The van der Waals surface area contributed by atoms with Crippen LogP contribution in [0.1, 0.15) is 15.3 Å². The molecule has 1 amide bonds. The van der Waals surface area contributed by atoms with Crippen molar-refractivity contribution in [1.82, 2.24) is 9.21 Å². The van der Waals surface area contributed by atoms with Crippen LogP contribution in [0.3, 0.4) is 0 Å². The summed E-state index contributed by atoms with van der Waals surface area (Å²) in [7, 11) is -3.54. The number of benzene rings is 1. The first-order valence-corrected chi connectivity index (χ1v) is 11.7. The third-order valence-corrected chi connectivity index (χ3v) is 8.12. The van der Waals surface area contributed by atoms with Gasteiger partial charge in [-0.2, -0.15) is 4.31 Å². The van der Waals surface area contributed by atoms with Crippen LogP contribution >= 0.6 is 11.3 Å². The van der Waals surface area contributed by atoms with Gasteiger partial charge in [-0.3, -0.25) is 19.8 Å². The zero-order valence-electron chi connectivity index (χ0n) is 17.0. The third kappa shape index (κ3) is 4.86. The lowest BCUT2D eigenvalue weighted by molar-refractivity contribution is -0.385. The fraction of sp³-hybridized carbons (Fsp3) is 0.421. The Labute approximate surface area is 179 Å². The highest BCUT2D eigenvalue weighted by atomic mass is 32.2. The maximum absolute atomic E-state index is 12.9. The topological polar surface area (TPSA) is 113 Å². The molecular weight excluding hydrogens is 428 g/mol. The van der Waals surface area contributed by atoms with Crippen molar-refractivity contribution in [1.29, 1.82) is 0 Å². The van der Waals surface area contributed by atoms with E-state index in [4.69, 9.17) is 0 Å². The number of hydrogen-bond acceptors (Lipinski definition) is 7. The number of hydrogen-bond donors (Lipinski definition) is 1. The van der Waals surface area contributed by atoms with Crippen LogP contribution in [0, 0.1) is 30.9 Å². The van der Waals surface area contributed by atoms with Gasteiger partial charge in [0.2, 0.25) is 15.9 Å². The molecule has 1 saturated heterocycles. The van der Waals surface area contributed by atoms with E-state index in [1.807, 2.05) is 11.8 Å². The molecule has 1 N–H and O–H groups in total. The molecule has 0 atom stereocenters. The Kier molecular flexibility index (Phi) is 6.56. The van der Waals surface area contributed by atoms with E-state index < -0.39 is 14.9 Å². The second-order valence-corrected chi connectivity index (χ2v) is 10.6. The molecule has 0 unspecified atom stereocenters. The van der Waals surface area contributed by atoms with Gasteiger partial charge in [0.25, 0.3) is 5.69 Å². The predicted molar refractivity (Wildman–Crippen MR) is 115 cm³/mol. The summed E-state index contributed by atoms with van der Waals surface area (Å²) in [5, 5.41) is 13.7. The molecule has 1 aromatic carbocycles. The Morgan fingerprint density at radius 2 is 1.83 bits per heavy atom. The molecule has 2 aromatic rings. The Morgan fingerprint density at radius 1 is 1.17 bits per heavy atom. The van der Waals surface area contributed by atoms with Crippen LogP contribution in [0.5, 0.6) is 0 Å². The van der Waals surface area contributed by atoms with Gasteiger partial charge in [0.05, 0.1) is 16.4 Å². The second kappa shape index (κ2) is 8.80. The maximum atomic E-state index is 12.9. The Morgan fingerprint density at radius 3 is 2.40 bits per heavy atom. The number of thiophene rings is 1. The van der Waals surface area contributed by atoms with Gasteiger partial charge in [-0.25, -0.2) is 8.42 Å². The van der Waals surface area contributed by atoms with Crippen molar-refractivity contribution >= 4 is 38.6 Å². The number of carbonyl (C=O) groups excluding carboxylic acids is 1. The Hall–Kier alpha value is -2.34. The van der Waals surface area contributed by atoms with Crippen LogP contribution in [0.4, 0.5) is 11.4 Å². The second-order valence-electron chi connectivity index (χ2n) is 7.26. The van der Waals surface area contributed by atoms with E-state index >= 15 is 0 Å². The lowest BCUT2D eigenvalue weighted by atomic mass is 10.2. The summed E-state index contributed by atoms with van der Waals surface area (Å²) < 4.78 is 27.2. The number of piperazine rings is 1. The summed E-state index contributed by atoms with van der Waals surface area (Å²) in [6.07, 6.45) is 0. The molecule has 11 heteroatoms. The number of sulfonamides is 1.